The van der Waals surface area contributed by atoms with Crippen LogP contribution in [0, 0.1) is 0 Å². The topological polar surface area (TPSA) is 135 Å². The molecule has 2 aromatic heterocycles. The normalized spacial score (nSPS) is 22.4. The van der Waals surface area contributed by atoms with Gasteiger partial charge >= 0.3 is 0 Å². The van der Waals surface area contributed by atoms with E-state index in [1.807, 2.05) is 41.1 Å². The Bertz CT molecular complexity index is 1010. The van der Waals surface area contributed by atoms with Gasteiger partial charge in [0.2, 0.25) is 0 Å². The van der Waals surface area contributed by atoms with Gasteiger partial charge in [-0.2, -0.15) is 10.2 Å². The average Bonchev–Trinajstić information content (AvgIpc) is 3.37. The van der Waals surface area contributed by atoms with Crippen LogP contribution in [0.4, 0.5) is 5.82 Å². The van der Waals surface area contributed by atoms with Crippen molar-refractivity contribution in [1.82, 2.24) is 25.3 Å². The van der Waals surface area contributed by atoms with Crippen molar-refractivity contribution in [2.45, 2.75) is 24.5 Å². The molecule has 1 fully saturated rings. The highest BCUT2D eigenvalue weighted by Gasteiger charge is 2.40. The lowest BCUT2D eigenvalue weighted by Gasteiger charge is -2.31. The van der Waals surface area contributed by atoms with Gasteiger partial charge in [0.15, 0.2) is 11.6 Å². The van der Waals surface area contributed by atoms with Crippen LogP contribution in [0.25, 0.3) is 11.3 Å². The molecule has 9 heteroatoms. The van der Waals surface area contributed by atoms with Crippen LogP contribution in [0.5, 0.6) is 0 Å². The number of guanidine groups is 1. The molecule has 3 aromatic rings. The van der Waals surface area contributed by atoms with Gasteiger partial charge in [0.05, 0.1) is 29.2 Å². The summed E-state index contributed by atoms with van der Waals surface area (Å²) in [6.45, 7) is 1.94. The largest absolute Gasteiger partial charge is 0.370 e. The summed E-state index contributed by atoms with van der Waals surface area (Å²) in [5, 5.41) is 18.6. The number of hydrogen-bond acceptors (Lipinski definition) is 7. The Labute approximate surface area is 162 Å². The van der Waals surface area contributed by atoms with Crippen molar-refractivity contribution in [3.63, 3.8) is 0 Å². The van der Waals surface area contributed by atoms with Gasteiger partial charge in [-0.25, -0.2) is 9.67 Å². The zero-order valence-electron chi connectivity index (χ0n) is 15.4. The SMILES string of the molecule is NC1=NC(N)(c2cc(-c3ccccc3)n[nH]2)c2cnn(C3CCNCC3)c2N1. The molecule has 0 spiro atoms. The van der Waals surface area contributed by atoms with Crippen molar-refractivity contribution in [3.8, 4) is 11.3 Å². The highest BCUT2D eigenvalue weighted by molar-refractivity contribution is 5.95. The maximum atomic E-state index is 6.77. The monoisotopic (exact) mass is 377 g/mol. The van der Waals surface area contributed by atoms with E-state index in [0.29, 0.717) is 11.7 Å². The van der Waals surface area contributed by atoms with E-state index in [2.05, 4.69) is 30.9 Å². The van der Waals surface area contributed by atoms with Crippen LogP contribution in [0.2, 0.25) is 0 Å². The fourth-order valence-electron chi connectivity index (χ4n) is 3.97. The minimum atomic E-state index is -1.17. The Balaban J connectivity index is 1.56. The molecule has 0 bridgehead atoms. The number of fused-ring (bicyclic) bond motifs is 1. The molecule has 0 aliphatic carbocycles. The Morgan fingerprint density at radius 2 is 1.93 bits per heavy atom. The lowest BCUT2D eigenvalue weighted by molar-refractivity contribution is 0.346. The van der Waals surface area contributed by atoms with E-state index >= 15 is 0 Å². The molecular formula is C19H23N9. The van der Waals surface area contributed by atoms with Crippen LogP contribution in [0.15, 0.2) is 47.6 Å². The number of piperidine rings is 1. The highest BCUT2D eigenvalue weighted by atomic mass is 15.4. The second kappa shape index (κ2) is 6.47. The Kier molecular flexibility index (Phi) is 3.92. The number of aliphatic imine (C=N–C) groups is 1. The van der Waals surface area contributed by atoms with E-state index in [1.165, 1.54) is 0 Å². The molecule has 1 unspecified atom stereocenters. The number of hydrogen-bond donors (Lipinski definition) is 5. The van der Waals surface area contributed by atoms with Crippen molar-refractivity contribution in [1.29, 1.82) is 0 Å². The third-order valence-corrected chi connectivity index (χ3v) is 5.46. The molecule has 9 nitrogen and oxygen atoms in total. The fourth-order valence-corrected chi connectivity index (χ4v) is 3.97. The molecule has 0 radical (unpaired) electrons. The van der Waals surface area contributed by atoms with Gasteiger partial charge in [0, 0.05) is 5.56 Å². The first-order valence-corrected chi connectivity index (χ1v) is 9.46. The lowest BCUT2D eigenvalue weighted by atomic mass is 9.97. The fraction of sp³-hybridized carbons (Fsp3) is 0.316. The molecule has 144 valence electrons. The Morgan fingerprint density at radius 1 is 1.14 bits per heavy atom. The molecule has 1 atom stereocenters. The summed E-state index contributed by atoms with van der Waals surface area (Å²) in [4.78, 5) is 4.52. The number of benzene rings is 1. The minimum absolute atomic E-state index is 0.265. The van der Waals surface area contributed by atoms with Crippen molar-refractivity contribution in [2.24, 2.45) is 16.5 Å². The number of anilines is 1. The maximum absolute atomic E-state index is 6.77. The second-order valence-corrected chi connectivity index (χ2v) is 7.25. The quantitative estimate of drug-likeness (QED) is 0.464. The summed E-state index contributed by atoms with van der Waals surface area (Å²) in [7, 11) is 0. The molecule has 2 aliphatic heterocycles. The predicted molar refractivity (Wildman–Crippen MR) is 108 cm³/mol. The first-order chi connectivity index (χ1) is 13.6. The number of aromatic amines is 1. The maximum Gasteiger partial charge on any atom is 0.196 e. The van der Waals surface area contributed by atoms with E-state index in [9.17, 15) is 0 Å². The molecule has 7 N–H and O–H groups in total. The first-order valence-electron chi connectivity index (χ1n) is 9.46. The molecule has 0 amide bonds. The molecule has 2 aliphatic rings. The summed E-state index contributed by atoms with van der Waals surface area (Å²) in [5.74, 6) is 1.07. The lowest BCUT2D eigenvalue weighted by Crippen LogP contribution is -2.44. The molecule has 1 aromatic carbocycles. The zero-order chi connectivity index (χ0) is 19.1. The van der Waals surface area contributed by atoms with Crippen LogP contribution >= 0.6 is 0 Å². The van der Waals surface area contributed by atoms with E-state index in [-0.39, 0.29) is 5.96 Å². The van der Waals surface area contributed by atoms with Crippen molar-refractivity contribution in [2.75, 3.05) is 18.4 Å². The second-order valence-electron chi connectivity index (χ2n) is 7.25. The molecule has 5 rings (SSSR count). The zero-order valence-corrected chi connectivity index (χ0v) is 15.4. The van der Waals surface area contributed by atoms with Gasteiger partial charge in [-0.05, 0) is 32.0 Å². The summed E-state index contributed by atoms with van der Waals surface area (Å²) < 4.78 is 1.99. The summed E-state index contributed by atoms with van der Waals surface area (Å²) >= 11 is 0. The van der Waals surface area contributed by atoms with E-state index in [0.717, 1.165) is 48.6 Å². The summed E-state index contributed by atoms with van der Waals surface area (Å²) in [5.41, 5.74) is 15.0. The smallest absolute Gasteiger partial charge is 0.196 e. The summed E-state index contributed by atoms with van der Waals surface area (Å²) in [6.07, 6.45) is 3.79. The average molecular weight is 377 g/mol. The number of nitrogens with two attached hydrogens (primary N) is 2. The predicted octanol–water partition coefficient (Wildman–Crippen LogP) is 1.10. The molecule has 4 heterocycles. The van der Waals surface area contributed by atoms with Gasteiger partial charge in [-0.3, -0.25) is 10.8 Å². The standard InChI is InChI=1S/C19H23N9/c20-18-24-17-14(11-23-28(17)13-6-8-22-9-7-13)19(21,25-18)16-10-15(26-27-16)12-4-2-1-3-5-12/h1-5,10-11,13,22H,6-9,21H2,(H,26,27)(H3,20,24,25). The number of H-pyrrole nitrogens is 1. The van der Waals surface area contributed by atoms with E-state index < -0.39 is 5.66 Å². The van der Waals surface area contributed by atoms with Crippen LogP contribution in [-0.2, 0) is 5.66 Å². The van der Waals surface area contributed by atoms with Crippen LogP contribution in [-0.4, -0.2) is 39.0 Å². The molecular weight excluding hydrogens is 354 g/mol. The summed E-state index contributed by atoms with van der Waals surface area (Å²) in [6, 6.07) is 12.2. The van der Waals surface area contributed by atoms with E-state index in [1.54, 1.807) is 6.20 Å². The first kappa shape index (κ1) is 17.0. The number of nitrogens with one attached hydrogen (secondary N) is 3. The molecule has 0 saturated carbocycles. The third kappa shape index (κ3) is 2.67. The van der Waals surface area contributed by atoms with Gasteiger partial charge in [-0.15, -0.1) is 0 Å². The van der Waals surface area contributed by atoms with Crippen molar-refractivity contribution in [3.05, 3.63) is 53.9 Å². The van der Waals surface area contributed by atoms with Gasteiger partial charge in [0.25, 0.3) is 0 Å². The van der Waals surface area contributed by atoms with Crippen LogP contribution in [0.1, 0.15) is 30.1 Å². The Morgan fingerprint density at radius 3 is 2.71 bits per heavy atom. The molecule has 1 saturated heterocycles. The van der Waals surface area contributed by atoms with E-state index in [4.69, 9.17) is 11.5 Å². The van der Waals surface area contributed by atoms with Gasteiger partial charge in [0.1, 0.15) is 5.82 Å². The van der Waals surface area contributed by atoms with Crippen molar-refractivity contribution >= 4 is 11.8 Å². The number of aromatic nitrogens is 4. The molecule has 28 heavy (non-hydrogen) atoms. The van der Waals surface area contributed by atoms with Gasteiger partial charge in [-0.1, -0.05) is 30.3 Å². The number of nitrogens with zero attached hydrogens (tertiary/aromatic N) is 4. The van der Waals surface area contributed by atoms with Crippen LogP contribution in [0.3, 0.4) is 0 Å². The highest BCUT2D eigenvalue weighted by Crippen LogP contribution is 2.38. The Hall–Kier alpha value is -3.17. The minimum Gasteiger partial charge on any atom is -0.370 e. The third-order valence-electron chi connectivity index (χ3n) is 5.46. The number of rotatable bonds is 3. The van der Waals surface area contributed by atoms with Crippen molar-refractivity contribution < 1.29 is 0 Å². The van der Waals surface area contributed by atoms with Crippen LogP contribution < -0.4 is 22.1 Å². The van der Waals surface area contributed by atoms with Gasteiger partial charge < -0.3 is 16.4 Å².